The Morgan fingerprint density at radius 2 is 1.91 bits per heavy atom. The van der Waals surface area contributed by atoms with Crippen molar-refractivity contribution in [3.05, 3.63) is 34.9 Å². The minimum Gasteiger partial charge on any atom is -0.444 e. The summed E-state index contributed by atoms with van der Waals surface area (Å²) in [6, 6.07) is 4.88. The first-order chi connectivity index (χ1) is 15.4. The second-order valence-corrected chi connectivity index (χ2v) is 11.0. The monoisotopic (exact) mass is 455 g/mol. The number of likely N-dealkylation sites (tertiary alicyclic amines) is 1. The van der Waals surface area contributed by atoms with Crippen molar-refractivity contribution >= 4 is 23.8 Å². The number of imide groups is 1. The molecule has 8 heteroatoms. The van der Waals surface area contributed by atoms with Gasteiger partial charge in [0.15, 0.2) is 0 Å². The number of fused-ring (bicyclic) bond motifs is 1. The van der Waals surface area contributed by atoms with Crippen molar-refractivity contribution in [1.29, 1.82) is 0 Å². The summed E-state index contributed by atoms with van der Waals surface area (Å²) in [6.45, 7) is 10.8. The standard InChI is InChI=1S/C25H33N3O5/c1-24(2,3)33-23(32)27-12-6-11-25(4,5)20(27)15-7-8-17-16(13-15)14-28(22(17)31)18-9-10-19(29)26-21(18)30/h7-8,13,18,20H,6,9-12,14H2,1-5H3,(H,26,29,30). The van der Waals surface area contributed by atoms with Crippen molar-refractivity contribution in [2.24, 2.45) is 5.41 Å². The minimum absolute atomic E-state index is 0.171. The van der Waals surface area contributed by atoms with Crippen molar-refractivity contribution in [2.45, 2.75) is 84.5 Å². The van der Waals surface area contributed by atoms with Gasteiger partial charge in [-0.25, -0.2) is 4.79 Å². The van der Waals surface area contributed by atoms with Crippen molar-refractivity contribution < 1.29 is 23.9 Å². The van der Waals surface area contributed by atoms with Gasteiger partial charge in [-0.1, -0.05) is 26.0 Å². The van der Waals surface area contributed by atoms with Gasteiger partial charge in [-0.3, -0.25) is 19.7 Å². The molecule has 3 heterocycles. The highest BCUT2D eigenvalue weighted by atomic mass is 16.6. The Morgan fingerprint density at radius 3 is 2.58 bits per heavy atom. The van der Waals surface area contributed by atoms with Gasteiger partial charge in [0.25, 0.3) is 5.91 Å². The summed E-state index contributed by atoms with van der Waals surface area (Å²) in [5.74, 6) is -0.917. The molecule has 8 nitrogen and oxygen atoms in total. The summed E-state index contributed by atoms with van der Waals surface area (Å²) >= 11 is 0. The highest BCUT2D eigenvalue weighted by molar-refractivity contribution is 6.05. The van der Waals surface area contributed by atoms with Crippen LogP contribution in [0.1, 0.15) is 87.8 Å². The maximum atomic E-state index is 13.1. The minimum atomic E-state index is -0.643. The van der Waals surface area contributed by atoms with Gasteiger partial charge in [-0.2, -0.15) is 0 Å². The summed E-state index contributed by atoms with van der Waals surface area (Å²) in [5.41, 5.74) is 1.61. The van der Waals surface area contributed by atoms with Crippen LogP contribution in [0.3, 0.4) is 0 Å². The molecular formula is C25H33N3O5. The lowest BCUT2D eigenvalue weighted by Crippen LogP contribution is -2.52. The fraction of sp³-hybridized carbons (Fsp3) is 0.600. The lowest BCUT2D eigenvalue weighted by atomic mass is 9.73. The van der Waals surface area contributed by atoms with Crippen molar-refractivity contribution in [2.75, 3.05) is 6.54 Å². The Labute approximate surface area is 194 Å². The predicted octanol–water partition coefficient (Wildman–Crippen LogP) is 3.55. The number of nitrogens with one attached hydrogen (secondary N) is 1. The summed E-state index contributed by atoms with van der Waals surface area (Å²) in [6.07, 6.45) is 2.09. The van der Waals surface area contributed by atoms with E-state index in [9.17, 15) is 19.2 Å². The Morgan fingerprint density at radius 1 is 1.18 bits per heavy atom. The molecule has 178 valence electrons. The highest BCUT2D eigenvalue weighted by Crippen LogP contribution is 2.46. The fourth-order valence-corrected chi connectivity index (χ4v) is 5.31. The first-order valence-electron chi connectivity index (χ1n) is 11.6. The molecule has 2 unspecified atom stereocenters. The van der Waals surface area contributed by atoms with Crippen LogP contribution in [0.25, 0.3) is 0 Å². The average Bonchev–Trinajstić information content (AvgIpc) is 3.01. The van der Waals surface area contributed by atoms with Crippen LogP contribution in [0.4, 0.5) is 4.79 Å². The van der Waals surface area contributed by atoms with Crippen LogP contribution in [0.5, 0.6) is 0 Å². The van der Waals surface area contributed by atoms with Crippen molar-refractivity contribution in [3.8, 4) is 0 Å². The first-order valence-corrected chi connectivity index (χ1v) is 11.6. The maximum absolute atomic E-state index is 13.1. The van der Waals surface area contributed by atoms with Gasteiger partial charge in [0.05, 0.1) is 6.04 Å². The lowest BCUT2D eigenvalue weighted by molar-refractivity contribution is -0.136. The summed E-state index contributed by atoms with van der Waals surface area (Å²) < 4.78 is 5.70. The normalized spacial score (nSPS) is 25.1. The summed E-state index contributed by atoms with van der Waals surface area (Å²) in [7, 11) is 0. The molecule has 2 fully saturated rings. The number of rotatable bonds is 2. The largest absolute Gasteiger partial charge is 0.444 e. The molecule has 0 aromatic heterocycles. The van der Waals surface area contributed by atoms with Crippen LogP contribution in [0.2, 0.25) is 0 Å². The van der Waals surface area contributed by atoms with Gasteiger partial charge in [0, 0.05) is 25.1 Å². The molecular weight excluding hydrogens is 422 g/mol. The second-order valence-electron chi connectivity index (χ2n) is 11.0. The zero-order chi connectivity index (χ0) is 24.1. The molecule has 0 spiro atoms. The molecule has 2 saturated heterocycles. The first kappa shape index (κ1) is 23.3. The van der Waals surface area contributed by atoms with E-state index < -0.39 is 17.6 Å². The fourth-order valence-electron chi connectivity index (χ4n) is 5.31. The van der Waals surface area contributed by atoms with E-state index in [0.29, 0.717) is 25.1 Å². The van der Waals surface area contributed by atoms with Crippen LogP contribution >= 0.6 is 0 Å². The molecule has 1 N–H and O–H groups in total. The number of hydrogen-bond donors (Lipinski definition) is 1. The van der Waals surface area contributed by atoms with Gasteiger partial charge in [-0.05, 0) is 62.6 Å². The Hall–Kier alpha value is -2.90. The average molecular weight is 456 g/mol. The molecule has 33 heavy (non-hydrogen) atoms. The number of ether oxygens (including phenoxy) is 1. The quantitative estimate of drug-likeness (QED) is 0.688. The third-order valence-corrected chi connectivity index (χ3v) is 6.76. The molecule has 1 aromatic rings. The second kappa shape index (κ2) is 8.15. The number of nitrogens with zero attached hydrogens (tertiary/aromatic N) is 2. The van der Waals surface area contributed by atoms with E-state index in [-0.39, 0.29) is 35.8 Å². The SMILES string of the molecule is CC(C)(C)OC(=O)N1CCCC(C)(C)C1c1ccc2c(c1)CN(C1CCC(=O)NC1=O)C2=O. The summed E-state index contributed by atoms with van der Waals surface area (Å²) in [5, 5.41) is 2.33. The van der Waals surface area contributed by atoms with Gasteiger partial charge < -0.3 is 14.5 Å². The van der Waals surface area contributed by atoms with Gasteiger partial charge in [-0.15, -0.1) is 0 Å². The number of hydrogen-bond acceptors (Lipinski definition) is 5. The van der Waals surface area contributed by atoms with E-state index in [1.165, 1.54) is 0 Å². The van der Waals surface area contributed by atoms with Crippen LogP contribution in [-0.4, -0.2) is 51.8 Å². The van der Waals surface area contributed by atoms with Crippen LogP contribution in [-0.2, 0) is 20.9 Å². The maximum Gasteiger partial charge on any atom is 0.410 e. The molecule has 0 radical (unpaired) electrons. The van der Waals surface area contributed by atoms with Crippen LogP contribution in [0.15, 0.2) is 18.2 Å². The van der Waals surface area contributed by atoms with Gasteiger partial charge >= 0.3 is 6.09 Å². The van der Waals surface area contributed by atoms with E-state index in [1.807, 2.05) is 37.8 Å². The van der Waals surface area contributed by atoms with Gasteiger partial charge in [0.1, 0.15) is 11.6 Å². The number of piperidine rings is 2. The Bertz CT molecular complexity index is 1010. The van der Waals surface area contributed by atoms with Gasteiger partial charge in [0.2, 0.25) is 11.8 Å². The van der Waals surface area contributed by atoms with E-state index in [2.05, 4.69) is 19.2 Å². The summed E-state index contributed by atoms with van der Waals surface area (Å²) in [4.78, 5) is 53.3. The molecule has 0 bridgehead atoms. The smallest absolute Gasteiger partial charge is 0.410 e. The Balaban J connectivity index is 1.63. The van der Waals surface area contributed by atoms with Crippen LogP contribution < -0.4 is 5.32 Å². The zero-order valence-corrected chi connectivity index (χ0v) is 20.1. The highest BCUT2D eigenvalue weighted by Gasteiger charge is 2.44. The third kappa shape index (κ3) is 4.48. The van der Waals surface area contributed by atoms with E-state index in [4.69, 9.17) is 4.74 Å². The number of carbonyl (C=O) groups is 4. The predicted molar refractivity (Wildman–Crippen MR) is 121 cm³/mol. The zero-order valence-electron chi connectivity index (χ0n) is 20.1. The topological polar surface area (TPSA) is 96.0 Å². The van der Waals surface area contributed by atoms with E-state index in [1.54, 1.807) is 11.0 Å². The molecule has 1 aromatic carbocycles. The van der Waals surface area contributed by atoms with E-state index in [0.717, 1.165) is 24.0 Å². The Kier molecular flexibility index (Phi) is 5.75. The molecule has 4 amide bonds. The number of benzene rings is 1. The lowest BCUT2D eigenvalue weighted by Gasteiger charge is -2.47. The van der Waals surface area contributed by atoms with E-state index >= 15 is 0 Å². The van der Waals surface area contributed by atoms with Crippen molar-refractivity contribution in [3.63, 3.8) is 0 Å². The third-order valence-electron chi connectivity index (χ3n) is 6.76. The number of amides is 4. The molecule has 4 rings (SSSR count). The molecule has 0 saturated carbocycles. The van der Waals surface area contributed by atoms with Crippen molar-refractivity contribution in [1.82, 2.24) is 15.1 Å². The molecule has 0 aliphatic carbocycles. The molecule has 3 aliphatic heterocycles. The molecule has 3 aliphatic rings. The van der Waals surface area contributed by atoms with Crippen LogP contribution in [0, 0.1) is 5.41 Å². The number of carbonyl (C=O) groups excluding carboxylic acids is 4. The molecule has 2 atom stereocenters.